The highest BCUT2D eigenvalue weighted by Crippen LogP contribution is 2.42. The molecule has 2 aromatic rings. The molecule has 0 saturated carbocycles. The van der Waals surface area contributed by atoms with Crippen molar-refractivity contribution < 1.29 is 0 Å². The zero-order chi connectivity index (χ0) is 10.5. The van der Waals surface area contributed by atoms with Gasteiger partial charge in [0.15, 0.2) is 0 Å². The van der Waals surface area contributed by atoms with Crippen molar-refractivity contribution in [3.63, 3.8) is 0 Å². The second-order valence-electron chi connectivity index (χ2n) is 4.88. The van der Waals surface area contributed by atoms with Crippen molar-refractivity contribution in [2.75, 3.05) is 0 Å². The summed E-state index contributed by atoms with van der Waals surface area (Å²) in [5, 5.41) is 2.91. The molecule has 16 heavy (non-hydrogen) atoms. The van der Waals surface area contributed by atoms with E-state index in [4.69, 9.17) is 0 Å². The molecule has 0 saturated heterocycles. The number of rotatable bonds is 0. The molecule has 0 unspecified atom stereocenters. The van der Waals surface area contributed by atoms with Crippen molar-refractivity contribution in [2.45, 2.75) is 25.7 Å². The minimum absolute atomic E-state index is 1.23. The average Bonchev–Trinajstić information content (AvgIpc) is 2.76. The van der Waals surface area contributed by atoms with Gasteiger partial charge in [0.1, 0.15) is 0 Å². The van der Waals surface area contributed by atoms with Crippen molar-refractivity contribution in [3.05, 3.63) is 53.1 Å². The maximum absolute atomic E-state index is 2.45. The summed E-state index contributed by atoms with van der Waals surface area (Å²) in [5.74, 6) is 0. The van der Waals surface area contributed by atoms with Crippen LogP contribution in [0.3, 0.4) is 0 Å². The standard InChI is InChI=1S/C16H14/c1-2-7-14-12(4-1)10-13-6-3-5-11-8-9-15(14)16(11)13/h1-2,4-5,7,10H,3,6,8-9H2. The predicted octanol–water partition coefficient (Wildman–Crippen LogP) is 4.12. The normalized spacial score (nSPS) is 17.4. The molecule has 0 heteroatoms. The topological polar surface area (TPSA) is 0 Å². The molecule has 0 bridgehead atoms. The lowest BCUT2D eigenvalue weighted by Gasteiger charge is -2.16. The van der Waals surface area contributed by atoms with Crippen LogP contribution in [0.4, 0.5) is 0 Å². The van der Waals surface area contributed by atoms with E-state index in [1.54, 1.807) is 22.3 Å². The third-order valence-corrected chi connectivity index (χ3v) is 4.01. The van der Waals surface area contributed by atoms with Crippen molar-refractivity contribution in [3.8, 4) is 0 Å². The molecule has 0 fully saturated rings. The van der Waals surface area contributed by atoms with Gasteiger partial charge in [-0.15, -0.1) is 0 Å². The van der Waals surface area contributed by atoms with Gasteiger partial charge in [-0.05, 0) is 58.7 Å². The Hall–Kier alpha value is -1.56. The Morgan fingerprint density at radius 2 is 1.88 bits per heavy atom. The van der Waals surface area contributed by atoms with E-state index in [9.17, 15) is 0 Å². The van der Waals surface area contributed by atoms with Crippen LogP contribution in [0.2, 0.25) is 0 Å². The predicted molar refractivity (Wildman–Crippen MR) is 68.6 cm³/mol. The van der Waals surface area contributed by atoms with Crippen LogP contribution in [0, 0.1) is 0 Å². The average molecular weight is 206 g/mol. The molecule has 0 nitrogen and oxygen atoms in total. The van der Waals surface area contributed by atoms with E-state index in [1.165, 1.54) is 36.5 Å². The highest BCUT2D eigenvalue weighted by Gasteiger charge is 2.23. The Labute approximate surface area is 95.6 Å². The van der Waals surface area contributed by atoms with E-state index in [1.807, 2.05) is 0 Å². The van der Waals surface area contributed by atoms with Gasteiger partial charge in [0, 0.05) is 0 Å². The Morgan fingerprint density at radius 1 is 0.938 bits per heavy atom. The van der Waals surface area contributed by atoms with Gasteiger partial charge in [-0.3, -0.25) is 0 Å². The minimum atomic E-state index is 1.23. The fourth-order valence-electron chi connectivity index (χ4n) is 3.33. The smallest absolute Gasteiger partial charge is 0.0146 e. The van der Waals surface area contributed by atoms with Gasteiger partial charge < -0.3 is 0 Å². The van der Waals surface area contributed by atoms with E-state index in [2.05, 4.69) is 36.4 Å². The molecule has 2 aliphatic rings. The summed E-state index contributed by atoms with van der Waals surface area (Å²) in [6, 6.07) is 11.3. The van der Waals surface area contributed by atoms with Gasteiger partial charge in [0.25, 0.3) is 0 Å². The van der Waals surface area contributed by atoms with Crippen LogP contribution in [0.5, 0.6) is 0 Å². The first-order chi connectivity index (χ1) is 7.93. The summed E-state index contributed by atoms with van der Waals surface area (Å²) in [4.78, 5) is 0. The lowest BCUT2D eigenvalue weighted by atomic mass is 9.88. The van der Waals surface area contributed by atoms with Crippen molar-refractivity contribution in [2.24, 2.45) is 0 Å². The molecule has 0 heterocycles. The summed E-state index contributed by atoms with van der Waals surface area (Å²) in [7, 11) is 0. The second-order valence-corrected chi connectivity index (χ2v) is 4.88. The van der Waals surface area contributed by atoms with Crippen LogP contribution in [0.25, 0.3) is 16.3 Å². The maximum atomic E-state index is 2.45. The van der Waals surface area contributed by atoms with Crippen molar-refractivity contribution in [1.82, 2.24) is 0 Å². The summed E-state index contributed by atoms with van der Waals surface area (Å²) in [5.41, 5.74) is 6.41. The SMILES string of the molecule is C1=C2CCc3c2c(cc2ccccc32)CC1. The Balaban J connectivity index is 2.19. The highest BCUT2D eigenvalue weighted by atomic mass is 14.3. The fraction of sp³-hybridized carbons (Fsp3) is 0.250. The lowest BCUT2D eigenvalue weighted by Crippen LogP contribution is -1.98. The zero-order valence-electron chi connectivity index (χ0n) is 9.29. The van der Waals surface area contributed by atoms with Gasteiger partial charge in [0.05, 0.1) is 0 Å². The molecule has 2 aromatic carbocycles. The number of allylic oxidation sites excluding steroid dienone is 2. The van der Waals surface area contributed by atoms with Crippen molar-refractivity contribution in [1.29, 1.82) is 0 Å². The monoisotopic (exact) mass is 206 g/mol. The molecular weight excluding hydrogens is 192 g/mol. The van der Waals surface area contributed by atoms with Gasteiger partial charge in [-0.1, -0.05) is 36.4 Å². The lowest BCUT2D eigenvalue weighted by molar-refractivity contribution is 0.977. The third-order valence-electron chi connectivity index (χ3n) is 4.01. The van der Waals surface area contributed by atoms with Crippen LogP contribution >= 0.6 is 0 Å². The van der Waals surface area contributed by atoms with Crippen LogP contribution in [-0.2, 0) is 12.8 Å². The fourth-order valence-corrected chi connectivity index (χ4v) is 3.33. The number of benzene rings is 2. The number of hydrogen-bond acceptors (Lipinski definition) is 0. The maximum Gasteiger partial charge on any atom is -0.0146 e. The van der Waals surface area contributed by atoms with Crippen LogP contribution in [0.1, 0.15) is 29.5 Å². The quantitative estimate of drug-likeness (QED) is 0.608. The van der Waals surface area contributed by atoms with Gasteiger partial charge in [-0.2, -0.15) is 0 Å². The van der Waals surface area contributed by atoms with Gasteiger partial charge in [0.2, 0.25) is 0 Å². The second kappa shape index (κ2) is 2.98. The van der Waals surface area contributed by atoms with E-state index in [0.29, 0.717) is 0 Å². The Kier molecular flexibility index (Phi) is 1.59. The third kappa shape index (κ3) is 0.996. The van der Waals surface area contributed by atoms with Crippen LogP contribution in [0.15, 0.2) is 36.4 Å². The van der Waals surface area contributed by atoms with E-state index >= 15 is 0 Å². The highest BCUT2D eigenvalue weighted by molar-refractivity contribution is 5.94. The Morgan fingerprint density at radius 3 is 2.88 bits per heavy atom. The molecule has 0 aliphatic heterocycles. The molecule has 0 atom stereocenters. The number of aryl methyl sites for hydroxylation is 2. The zero-order valence-corrected chi connectivity index (χ0v) is 9.29. The molecule has 0 aromatic heterocycles. The minimum Gasteiger partial charge on any atom is -0.0804 e. The summed E-state index contributed by atoms with van der Waals surface area (Å²) in [6.07, 6.45) is 7.43. The van der Waals surface area contributed by atoms with Crippen LogP contribution in [-0.4, -0.2) is 0 Å². The molecule has 0 amide bonds. The van der Waals surface area contributed by atoms with E-state index < -0.39 is 0 Å². The first kappa shape index (κ1) is 8.58. The first-order valence-corrected chi connectivity index (χ1v) is 6.16. The molecular formula is C16H14. The number of hydrogen-bond donors (Lipinski definition) is 0. The summed E-state index contributed by atoms with van der Waals surface area (Å²) >= 11 is 0. The van der Waals surface area contributed by atoms with Gasteiger partial charge >= 0.3 is 0 Å². The summed E-state index contributed by atoms with van der Waals surface area (Å²) in [6.45, 7) is 0. The largest absolute Gasteiger partial charge is 0.0804 e. The van der Waals surface area contributed by atoms with Gasteiger partial charge in [-0.25, -0.2) is 0 Å². The van der Waals surface area contributed by atoms with E-state index in [-0.39, 0.29) is 0 Å². The van der Waals surface area contributed by atoms with Crippen molar-refractivity contribution >= 4 is 16.3 Å². The molecule has 4 rings (SSSR count). The molecule has 2 aliphatic carbocycles. The first-order valence-electron chi connectivity index (χ1n) is 6.16. The van der Waals surface area contributed by atoms with Crippen LogP contribution < -0.4 is 0 Å². The molecule has 0 spiro atoms. The molecule has 0 radical (unpaired) electrons. The Bertz CT molecular complexity index is 617. The molecule has 78 valence electrons. The molecule has 0 N–H and O–H groups in total. The number of fused-ring (bicyclic) bond motifs is 2. The van der Waals surface area contributed by atoms with E-state index in [0.717, 1.165) is 0 Å². The summed E-state index contributed by atoms with van der Waals surface area (Å²) < 4.78 is 0.